The van der Waals surface area contributed by atoms with Crippen molar-refractivity contribution in [2.45, 2.75) is 44.1 Å². The van der Waals surface area contributed by atoms with E-state index in [9.17, 15) is 13.6 Å². The van der Waals surface area contributed by atoms with Crippen LogP contribution in [-0.2, 0) is 0 Å². The first kappa shape index (κ1) is 23.9. The number of hydrogen-bond acceptors (Lipinski definition) is 6. The van der Waals surface area contributed by atoms with Crippen molar-refractivity contribution in [3.8, 4) is 17.0 Å². The Kier molecular flexibility index (Phi) is 5.85. The minimum absolute atomic E-state index is 0.130. The molecule has 4 aliphatic heterocycles. The van der Waals surface area contributed by atoms with E-state index in [1.165, 1.54) is 6.07 Å². The lowest BCUT2D eigenvalue weighted by atomic mass is 9.97. The van der Waals surface area contributed by atoms with Gasteiger partial charge in [0.2, 0.25) is 0 Å². The Labute approximate surface area is 214 Å². The molecule has 2 aromatic rings. The van der Waals surface area contributed by atoms with Gasteiger partial charge in [0.25, 0.3) is 5.91 Å². The van der Waals surface area contributed by atoms with Crippen LogP contribution >= 0.6 is 11.6 Å². The number of nitrogens with one attached hydrogen (secondary N) is 1. The highest BCUT2D eigenvalue weighted by molar-refractivity contribution is 6.35. The second-order valence-electron chi connectivity index (χ2n) is 10.8. The first-order chi connectivity index (χ1) is 17.2. The largest absolute Gasteiger partial charge is 0.489 e. The lowest BCUT2D eigenvalue weighted by Crippen LogP contribution is -2.55. The summed E-state index contributed by atoms with van der Waals surface area (Å²) in [6.45, 7) is 7.77. The highest BCUT2D eigenvalue weighted by Gasteiger charge is 2.47. The van der Waals surface area contributed by atoms with E-state index in [1.807, 2.05) is 4.90 Å². The Balaban J connectivity index is 1.51. The number of pyridine rings is 1. The molecule has 1 aromatic heterocycles. The fourth-order valence-corrected chi connectivity index (χ4v) is 6.26. The number of piperazine rings is 1. The lowest BCUT2D eigenvalue weighted by molar-refractivity contribution is 0.0324. The molecule has 0 aliphatic carbocycles. The van der Waals surface area contributed by atoms with Crippen LogP contribution in [0.3, 0.4) is 0 Å². The van der Waals surface area contributed by atoms with Crippen molar-refractivity contribution in [3.05, 3.63) is 40.7 Å². The number of hydrogen-bond donors (Lipinski definition) is 1. The van der Waals surface area contributed by atoms with Crippen molar-refractivity contribution >= 4 is 23.3 Å². The molecule has 192 valence electrons. The van der Waals surface area contributed by atoms with Crippen molar-refractivity contribution in [1.82, 2.24) is 20.1 Å². The minimum Gasteiger partial charge on any atom is -0.489 e. The van der Waals surface area contributed by atoms with Crippen molar-refractivity contribution in [1.29, 1.82) is 0 Å². The fourth-order valence-electron chi connectivity index (χ4n) is 5.97. The van der Waals surface area contributed by atoms with Gasteiger partial charge >= 0.3 is 0 Å². The second-order valence-corrected chi connectivity index (χ2v) is 11.2. The van der Waals surface area contributed by atoms with E-state index in [0.717, 1.165) is 6.42 Å². The fraction of sp³-hybridized carbons (Fsp3) is 0.538. The van der Waals surface area contributed by atoms with E-state index in [2.05, 4.69) is 29.0 Å². The Bertz CT molecular complexity index is 1210. The number of likely N-dealkylation sites (tertiary alicyclic amines) is 1. The average molecular weight is 518 g/mol. The number of aromatic nitrogens is 1. The van der Waals surface area contributed by atoms with Crippen LogP contribution < -0.4 is 15.0 Å². The van der Waals surface area contributed by atoms with Crippen LogP contribution in [0.4, 0.5) is 14.6 Å². The van der Waals surface area contributed by atoms with Crippen molar-refractivity contribution in [2.24, 2.45) is 0 Å². The van der Waals surface area contributed by atoms with Gasteiger partial charge in [-0.1, -0.05) is 23.7 Å². The van der Waals surface area contributed by atoms with Crippen LogP contribution in [0.15, 0.2) is 24.3 Å². The van der Waals surface area contributed by atoms with E-state index in [0.29, 0.717) is 50.6 Å². The van der Waals surface area contributed by atoms with E-state index >= 15 is 0 Å². The average Bonchev–Trinajstić information content (AvgIpc) is 3.06. The zero-order valence-electron chi connectivity index (χ0n) is 20.4. The van der Waals surface area contributed by atoms with Crippen molar-refractivity contribution in [2.75, 3.05) is 50.8 Å². The molecule has 0 saturated carbocycles. The Hall–Kier alpha value is -2.49. The van der Waals surface area contributed by atoms with E-state index < -0.39 is 12.0 Å². The summed E-state index contributed by atoms with van der Waals surface area (Å²) in [5, 5.41) is 3.45. The number of amides is 1. The molecule has 0 bridgehead atoms. The van der Waals surface area contributed by atoms with Crippen LogP contribution in [0, 0.1) is 5.82 Å². The van der Waals surface area contributed by atoms with Crippen LogP contribution in [0.1, 0.15) is 30.6 Å². The summed E-state index contributed by atoms with van der Waals surface area (Å²) in [4.78, 5) is 25.0. The molecule has 0 unspecified atom stereocenters. The van der Waals surface area contributed by atoms with Gasteiger partial charge in [-0.2, -0.15) is 0 Å². The topological polar surface area (TPSA) is 60.9 Å². The highest BCUT2D eigenvalue weighted by atomic mass is 35.5. The third-order valence-electron chi connectivity index (χ3n) is 7.95. The SMILES string of the molecule is CC1(C)C[C@H](N2CC(F)C2)CN1c1nc(-c2ccccc2F)c(Cl)c2c1C(=O)N1CCNC[C@@H]1CO2. The molecular weight excluding hydrogens is 488 g/mol. The molecule has 5 heterocycles. The minimum atomic E-state index is -0.792. The molecule has 0 radical (unpaired) electrons. The van der Waals surface area contributed by atoms with Gasteiger partial charge in [-0.3, -0.25) is 9.69 Å². The summed E-state index contributed by atoms with van der Waals surface area (Å²) in [7, 11) is 0. The Morgan fingerprint density at radius 1 is 1.19 bits per heavy atom. The van der Waals surface area contributed by atoms with Gasteiger partial charge in [-0.25, -0.2) is 13.8 Å². The third kappa shape index (κ3) is 3.83. The number of ether oxygens (including phenoxy) is 1. The van der Waals surface area contributed by atoms with Gasteiger partial charge in [-0.15, -0.1) is 0 Å². The Morgan fingerprint density at radius 2 is 1.97 bits per heavy atom. The zero-order chi connectivity index (χ0) is 25.2. The molecule has 4 aliphatic rings. The van der Waals surface area contributed by atoms with E-state index in [1.54, 1.807) is 18.2 Å². The highest BCUT2D eigenvalue weighted by Crippen LogP contribution is 2.47. The maximum Gasteiger partial charge on any atom is 0.261 e. The van der Waals surface area contributed by atoms with Gasteiger partial charge < -0.3 is 19.9 Å². The molecule has 3 saturated heterocycles. The predicted octanol–water partition coefficient (Wildman–Crippen LogP) is 3.36. The molecule has 0 spiro atoms. The normalized spacial score (nSPS) is 26.2. The number of anilines is 1. The van der Waals surface area contributed by atoms with Crippen LogP contribution in [-0.4, -0.2) is 90.4 Å². The standard InChI is InChI=1S/C26H30ClF2N5O2/c1-26(2)9-16(32-11-15(28)12-32)13-34(26)24-20-23(36-14-17-10-30-7-8-33(17)25(20)35)21(27)22(31-24)18-5-3-4-6-19(18)29/h3-6,15-17,30H,7-14H2,1-2H3/t16-,17+/m0/s1. The molecule has 36 heavy (non-hydrogen) atoms. The summed E-state index contributed by atoms with van der Waals surface area (Å²) < 4.78 is 34.8. The molecule has 2 atom stereocenters. The Morgan fingerprint density at radius 3 is 2.72 bits per heavy atom. The van der Waals surface area contributed by atoms with Crippen LogP contribution in [0.5, 0.6) is 5.75 Å². The van der Waals surface area contributed by atoms with Gasteiger partial charge in [0, 0.05) is 56.4 Å². The first-order valence-electron chi connectivity index (χ1n) is 12.5. The number of halogens is 3. The van der Waals surface area contributed by atoms with Gasteiger partial charge in [-0.05, 0) is 32.4 Å². The number of carbonyl (C=O) groups is 1. The van der Waals surface area contributed by atoms with Crippen LogP contribution in [0.25, 0.3) is 11.3 Å². The summed E-state index contributed by atoms with van der Waals surface area (Å²) in [6, 6.07) is 6.33. The summed E-state index contributed by atoms with van der Waals surface area (Å²) in [5.41, 5.74) is 0.456. The van der Waals surface area contributed by atoms with Crippen molar-refractivity contribution < 1.29 is 18.3 Å². The molecule has 1 aromatic carbocycles. The summed E-state index contributed by atoms with van der Waals surface area (Å²) in [6.07, 6.45) is -0.00144. The number of rotatable bonds is 3. The quantitative estimate of drug-likeness (QED) is 0.674. The number of fused-ring (bicyclic) bond motifs is 2. The number of nitrogens with zero attached hydrogens (tertiary/aromatic N) is 4. The molecule has 1 amide bonds. The maximum absolute atomic E-state index is 14.9. The third-order valence-corrected chi connectivity index (χ3v) is 8.30. The van der Waals surface area contributed by atoms with Crippen molar-refractivity contribution in [3.63, 3.8) is 0 Å². The van der Waals surface area contributed by atoms with Crippen LogP contribution in [0.2, 0.25) is 5.02 Å². The smallest absolute Gasteiger partial charge is 0.261 e. The molecule has 6 rings (SSSR count). The predicted molar refractivity (Wildman–Crippen MR) is 134 cm³/mol. The number of carbonyl (C=O) groups excluding carboxylic acids is 1. The molecule has 7 nitrogen and oxygen atoms in total. The number of alkyl halides is 1. The maximum atomic E-state index is 14.9. The van der Waals surface area contributed by atoms with E-state index in [-0.39, 0.29) is 52.2 Å². The van der Waals surface area contributed by atoms with Gasteiger partial charge in [0.15, 0.2) is 5.75 Å². The molecule has 10 heteroatoms. The molecule has 3 fully saturated rings. The summed E-state index contributed by atoms with van der Waals surface area (Å²) in [5.74, 6) is 0.0750. The molecule has 1 N–H and O–H groups in total. The van der Waals surface area contributed by atoms with Gasteiger partial charge in [0.1, 0.15) is 35.0 Å². The lowest BCUT2D eigenvalue weighted by Gasteiger charge is -2.39. The summed E-state index contributed by atoms with van der Waals surface area (Å²) >= 11 is 6.84. The van der Waals surface area contributed by atoms with E-state index in [4.69, 9.17) is 21.3 Å². The molecular formula is C26H30ClF2N5O2. The first-order valence-corrected chi connectivity index (χ1v) is 12.9. The monoisotopic (exact) mass is 517 g/mol. The second kappa shape index (κ2) is 8.82. The van der Waals surface area contributed by atoms with Gasteiger partial charge in [0.05, 0.1) is 11.7 Å². The zero-order valence-corrected chi connectivity index (χ0v) is 21.2. The number of benzene rings is 1.